The van der Waals surface area contributed by atoms with Crippen LogP contribution in [-0.2, 0) is 19.7 Å². The van der Waals surface area contributed by atoms with Crippen LogP contribution in [0.25, 0.3) is 0 Å². The molecule has 0 aliphatic carbocycles. The van der Waals surface area contributed by atoms with Crippen molar-refractivity contribution in [1.29, 1.82) is 0 Å². The van der Waals surface area contributed by atoms with E-state index >= 15 is 0 Å². The van der Waals surface area contributed by atoms with Gasteiger partial charge in [0.25, 0.3) is 0 Å². The molecule has 0 bridgehead atoms. The van der Waals surface area contributed by atoms with Crippen LogP contribution in [0.2, 0.25) is 5.02 Å². The van der Waals surface area contributed by atoms with E-state index in [1.54, 1.807) is 22.9 Å². The summed E-state index contributed by atoms with van der Waals surface area (Å²) in [6.07, 6.45) is 0. The van der Waals surface area contributed by atoms with Crippen LogP contribution >= 0.6 is 11.6 Å². The number of rotatable bonds is 9. The van der Waals surface area contributed by atoms with Crippen LogP contribution in [0.4, 0.5) is 10.3 Å². The molecule has 7 nitrogen and oxygen atoms in total. The predicted molar refractivity (Wildman–Crippen MR) is 104 cm³/mol. The summed E-state index contributed by atoms with van der Waals surface area (Å²) in [7, 11) is 0. The van der Waals surface area contributed by atoms with Crippen molar-refractivity contribution < 1.29 is 13.9 Å². The minimum atomic E-state index is -0.289. The first-order valence-corrected chi connectivity index (χ1v) is 9.31. The molecule has 0 saturated carbocycles. The molecule has 0 aliphatic rings. The van der Waals surface area contributed by atoms with Crippen LogP contribution in [0.3, 0.4) is 0 Å². The number of hydrogen-bond acceptors (Lipinski definition) is 6. The average molecular weight is 406 g/mol. The summed E-state index contributed by atoms with van der Waals surface area (Å²) in [5, 5.41) is 15.1. The molecule has 2 aromatic carbocycles. The van der Waals surface area contributed by atoms with E-state index in [9.17, 15) is 4.39 Å². The molecule has 0 aliphatic heterocycles. The van der Waals surface area contributed by atoms with Crippen molar-refractivity contribution in [2.45, 2.75) is 33.5 Å². The number of benzene rings is 2. The number of anilines is 1. The monoisotopic (exact) mass is 405 g/mol. The van der Waals surface area contributed by atoms with Crippen molar-refractivity contribution >= 4 is 17.5 Å². The molecule has 0 spiro atoms. The first-order valence-electron chi connectivity index (χ1n) is 8.93. The third kappa shape index (κ3) is 4.89. The molecule has 0 unspecified atom stereocenters. The molecule has 0 radical (unpaired) electrons. The average Bonchev–Trinajstić information content (AvgIpc) is 3.15. The zero-order valence-electron chi connectivity index (χ0n) is 15.7. The number of aromatic nitrogens is 4. The molecule has 0 atom stereocenters. The summed E-state index contributed by atoms with van der Waals surface area (Å²) in [4.78, 5) is 0. The Labute approximate surface area is 167 Å². The van der Waals surface area contributed by atoms with Crippen molar-refractivity contribution in [1.82, 2.24) is 20.2 Å². The second kappa shape index (κ2) is 9.36. The van der Waals surface area contributed by atoms with E-state index in [0.717, 1.165) is 11.1 Å². The highest BCUT2D eigenvalue weighted by molar-refractivity contribution is 6.32. The van der Waals surface area contributed by atoms with Crippen molar-refractivity contribution in [2.75, 3.05) is 11.9 Å². The molecule has 28 heavy (non-hydrogen) atoms. The van der Waals surface area contributed by atoms with E-state index in [1.807, 2.05) is 19.9 Å². The summed E-state index contributed by atoms with van der Waals surface area (Å²) in [5.41, 5.74) is 1.73. The minimum Gasteiger partial charge on any atom is -0.490 e. The number of nitrogens with one attached hydrogen (secondary N) is 1. The summed E-state index contributed by atoms with van der Waals surface area (Å²) in [6.45, 7) is 5.70. The Morgan fingerprint density at radius 3 is 2.61 bits per heavy atom. The number of tetrazole rings is 1. The van der Waals surface area contributed by atoms with Gasteiger partial charge < -0.3 is 14.8 Å². The normalized spacial score (nSPS) is 10.7. The number of hydrogen-bond donors (Lipinski definition) is 1. The zero-order chi connectivity index (χ0) is 19.9. The van der Waals surface area contributed by atoms with E-state index in [-0.39, 0.29) is 12.4 Å². The van der Waals surface area contributed by atoms with Crippen molar-refractivity contribution in [2.24, 2.45) is 0 Å². The van der Waals surface area contributed by atoms with Gasteiger partial charge in [0.1, 0.15) is 12.4 Å². The third-order valence-corrected chi connectivity index (χ3v) is 4.23. The van der Waals surface area contributed by atoms with Crippen LogP contribution in [0, 0.1) is 5.82 Å². The smallest absolute Gasteiger partial charge is 0.243 e. The molecule has 9 heteroatoms. The highest BCUT2D eigenvalue weighted by atomic mass is 35.5. The second-order valence-corrected chi connectivity index (χ2v) is 6.33. The maximum Gasteiger partial charge on any atom is 0.243 e. The van der Waals surface area contributed by atoms with Gasteiger partial charge in [-0.25, -0.2) is 9.07 Å². The van der Waals surface area contributed by atoms with Gasteiger partial charge >= 0.3 is 0 Å². The van der Waals surface area contributed by atoms with Crippen molar-refractivity contribution in [3.05, 3.63) is 58.4 Å². The highest BCUT2D eigenvalue weighted by Gasteiger charge is 2.14. The fourth-order valence-corrected chi connectivity index (χ4v) is 2.88. The fourth-order valence-electron chi connectivity index (χ4n) is 2.59. The molecular formula is C19H21ClFN5O2. The minimum absolute atomic E-state index is 0.253. The van der Waals surface area contributed by atoms with Gasteiger partial charge in [-0.05, 0) is 59.7 Å². The van der Waals surface area contributed by atoms with Crippen LogP contribution < -0.4 is 14.8 Å². The highest BCUT2D eigenvalue weighted by Crippen LogP contribution is 2.37. The molecule has 0 amide bonds. The molecule has 1 heterocycles. The molecule has 148 valence electrons. The second-order valence-electron chi connectivity index (χ2n) is 5.92. The van der Waals surface area contributed by atoms with E-state index in [0.29, 0.717) is 42.2 Å². The third-order valence-electron chi connectivity index (χ3n) is 3.95. The zero-order valence-corrected chi connectivity index (χ0v) is 16.4. The molecule has 3 rings (SSSR count). The van der Waals surface area contributed by atoms with Gasteiger partial charge in [-0.3, -0.25) is 0 Å². The molecule has 0 saturated heterocycles. The first-order chi connectivity index (χ1) is 13.6. The molecule has 1 aromatic heterocycles. The van der Waals surface area contributed by atoms with Crippen LogP contribution in [0.1, 0.15) is 25.0 Å². The Morgan fingerprint density at radius 1 is 1.11 bits per heavy atom. The van der Waals surface area contributed by atoms with Gasteiger partial charge in [-0.1, -0.05) is 28.8 Å². The van der Waals surface area contributed by atoms with E-state index < -0.39 is 0 Å². The number of halogens is 2. The van der Waals surface area contributed by atoms with Crippen molar-refractivity contribution in [3.63, 3.8) is 0 Å². The van der Waals surface area contributed by atoms with Gasteiger partial charge in [0.15, 0.2) is 11.5 Å². The summed E-state index contributed by atoms with van der Waals surface area (Å²) in [6, 6.07) is 9.78. The maximum atomic E-state index is 13.0. The maximum absolute atomic E-state index is 13.0. The summed E-state index contributed by atoms with van der Waals surface area (Å²) in [5.74, 6) is 1.29. The molecule has 3 aromatic rings. The fraction of sp³-hybridized carbons (Fsp3) is 0.316. The Bertz CT molecular complexity index is 917. The molecule has 0 fully saturated rings. The van der Waals surface area contributed by atoms with Crippen LogP contribution in [-0.4, -0.2) is 26.8 Å². The summed E-state index contributed by atoms with van der Waals surface area (Å²) < 4.78 is 26.3. The lowest BCUT2D eigenvalue weighted by Gasteiger charge is -2.16. The lowest BCUT2D eigenvalue weighted by Crippen LogP contribution is -2.08. The standard InChI is InChI=1S/C19H21ClFN5O2/c1-3-26-19(23-24-25-26)22-11-14-9-16(20)18(17(10-14)27-4-2)28-12-13-5-7-15(21)8-6-13/h5-10H,3-4,11-12H2,1-2H3,(H,22,23,25). The van der Waals surface area contributed by atoms with Gasteiger partial charge in [0, 0.05) is 13.1 Å². The molecule has 1 N–H and O–H groups in total. The first kappa shape index (κ1) is 19.9. The Balaban J connectivity index is 1.74. The number of nitrogens with zero attached hydrogens (tertiary/aromatic N) is 4. The van der Waals surface area contributed by atoms with Crippen molar-refractivity contribution in [3.8, 4) is 11.5 Å². The Hall–Kier alpha value is -2.87. The topological polar surface area (TPSA) is 74.1 Å². The molecular weight excluding hydrogens is 385 g/mol. The van der Waals surface area contributed by atoms with E-state index in [2.05, 4.69) is 20.8 Å². The number of aryl methyl sites for hydroxylation is 1. The van der Waals surface area contributed by atoms with Crippen LogP contribution in [0.5, 0.6) is 11.5 Å². The Kier molecular flexibility index (Phi) is 6.65. The lowest BCUT2D eigenvalue weighted by atomic mass is 10.2. The van der Waals surface area contributed by atoms with Crippen LogP contribution in [0.15, 0.2) is 36.4 Å². The Morgan fingerprint density at radius 2 is 1.89 bits per heavy atom. The predicted octanol–water partition coefficient (Wildman–Crippen LogP) is 4.08. The lowest BCUT2D eigenvalue weighted by molar-refractivity contribution is 0.269. The SMILES string of the molecule is CCOc1cc(CNc2nnnn2CC)cc(Cl)c1OCc1ccc(F)cc1. The largest absolute Gasteiger partial charge is 0.490 e. The van der Waals surface area contributed by atoms with Gasteiger partial charge in [-0.15, -0.1) is 0 Å². The van der Waals surface area contributed by atoms with E-state index in [1.165, 1.54) is 12.1 Å². The van der Waals surface area contributed by atoms with Gasteiger partial charge in [0.2, 0.25) is 5.95 Å². The van der Waals surface area contributed by atoms with E-state index in [4.69, 9.17) is 21.1 Å². The number of ether oxygens (including phenoxy) is 2. The van der Waals surface area contributed by atoms with Gasteiger partial charge in [0.05, 0.1) is 11.6 Å². The van der Waals surface area contributed by atoms with Gasteiger partial charge in [-0.2, -0.15) is 0 Å². The summed E-state index contributed by atoms with van der Waals surface area (Å²) >= 11 is 6.44. The quantitative estimate of drug-likeness (QED) is 0.578.